The Morgan fingerprint density at radius 1 is 0.720 bits per heavy atom. The molecule has 144 valence electrons. The van der Waals surface area contributed by atoms with Gasteiger partial charge >= 0.3 is 0 Å². The maximum atomic E-state index is 11.1. The van der Waals surface area contributed by atoms with E-state index in [0.29, 0.717) is 5.75 Å². The summed E-state index contributed by atoms with van der Waals surface area (Å²) in [6, 6.07) is 0. The number of hydrogen-bond donors (Lipinski definition) is 0. The van der Waals surface area contributed by atoms with Gasteiger partial charge in [-0.2, -0.15) is 0 Å². The molecule has 0 aliphatic carbocycles. The van der Waals surface area contributed by atoms with Gasteiger partial charge in [0.15, 0.2) is 8.87 Å². The average molecular weight is 385 g/mol. The van der Waals surface area contributed by atoms with E-state index in [4.69, 9.17) is 0 Å². The number of allylic oxidation sites excluding steroid dienone is 7. The molecule has 0 saturated carbocycles. The van der Waals surface area contributed by atoms with Crippen LogP contribution < -0.4 is 0 Å². The monoisotopic (exact) mass is 384 g/mol. The molecule has 0 aliphatic rings. The second-order valence-electron chi connectivity index (χ2n) is 7.04. The topological polar surface area (TPSA) is 34.1 Å². The van der Waals surface area contributed by atoms with Crippen LogP contribution in [0.2, 0.25) is 0 Å². The molecule has 0 aromatic rings. The molecule has 0 spiro atoms. The Labute approximate surface area is 159 Å². The lowest BCUT2D eigenvalue weighted by Crippen LogP contribution is -1.89. The van der Waals surface area contributed by atoms with E-state index in [2.05, 4.69) is 52.8 Å². The molecule has 0 unspecified atom stereocenters. The third kappa shape index (κ3) is 17.9. The van der Waals surface area contributed by atoms with Crippen LogP contribution in [0.1, 0.15) is 73.1 Å². The second kappa shape index (κ2) is 13.5. The number of hydrogen-bond acceptors (Lipinski definition) is 3. The van der Waals surface area contributed by atoms with E-state index in [-0.39, 0.29) is 0 Å². The van der Waals surface area contributed by atoms with E-state index in [1.807, 2.05) is 6.08 Å². The number of rotatable bonds is 12. The average Bonchev–Trinajstić information content (AvgIpc) is 2.45. The molecule has 0 heterocycles. The summed E-state index contributed by atoms with van der Waals surface area (Å²) in [6.07, 6.45) is 16.8. The van der Waals surface area contributed by atoms with Crippen LogP contribution in [0.15, 0.2) is 46.6 Å². The maximum Gasteiger partial charge on any atom is 0.198 e. The highest BCUT2D eigenvalue weighted by molar-refractivity contribution is 8.71. The first kappa shape index (κ1) is 24.3. The molecule has 0 aromatic carbocycles. The van der Waals surface area contributed by atoms with E-state index in [0.717, 1.165) is 49.3 Å². The van der Waals surface area contributed by atoms with Crippen molar-refractivity contribution in [2.24, 2.45) is 0 Å². The van der Waals surface area contributed by atoms with Crippen molar-refractivity contribution in [2.75, 3.05) is 12.0 Å². The van der Waals surface area contributed by atoms with Crippen molar-refractivity contribution in [1.82, 2.24) is 0 Å². The van der Waals surface area contributed by atoms with Gasteiger partial charge in [0.05, 0.1) is 0 Å². The van der Waals surface area contributed by atoms with Crippen molar-refractivity contribution >= 4 is 19.7 Å². The Morgan fingerprint density at radius 3 is 1.52 bits per heavy atom. The Morgan fingerprint density at radius 2 is 1.12 bits per heavy atom. The zero-order valence-corrected chi connectivity index (χ0v) is 18.5. The van der Waals surface area contributed by atoms with Crippen molar-refractivity contribution in [2.45, 2.75) is 73.1 Å². The van der Waals surface area contributed by atoms with Gasteiger partial charge in [0.25, 0.3) is 0 Å². The summed E-state index contributed by atoms with van der Waals surface area (Å²) in [5.41, 5.74) is 5.57. The SMILES string of the molecule is CC(C)=CCC/C(C)=C/CC/C(C)=C/CC/C(C)=C/CSS(C)(=O)=O. The van der Waals surface area contributed by atoms with Crippen LogP contribution in [0.25, 0.3) is 0 Å². The molecule has 2 nitrogen and oxygen atoms in total. The second-order valence-corrected chi connectivity index (χ2v) is 11.5. The molecule has 0 saturated heterocycles. The third-order valence-electron chi connectivity index (χ3n) is 3.87. The molecule has 0 bridgehead atoms. The Kier molecular flexibility index (Phi) is 13.1. The Hall–Kier alpha value is -0.740. The van der Waals surface area contributed by atoms with Crippen molar-refractivity contribution in [3.63, 3.8) is 0 Å². The zero-order valence-electron chi connectivity index (χ0n) is 16.9. The van der Waals surface area contributed by atoms with Crippen LogP contribution in [-0.4, -0.2) is 20.4 Å². The van der Waals surface area contributed by atoms with Gasteiger partial charge in [0, 0.05) is 12.0 Å². The van der Waals surface area contributed by atoms with Gasteiger partial charge < -0.3 is 0 Å². The minimum atomic E-state index is -2.93. The predicted molar refractivity (Wildman–Crippen MR) is 116 cm³/mol. The van der Waals surface area contributed by atoms with Crippen LogP contribution in [0.5, 0.6) is 0 Å². The first-order chi connectivity index (χ1) is 11.6. The lowest BCUT2D eigenvalue weighted by molar-refractivity contribution is 0.615. The molecular weight excluding hydrogens is 348 g/mol. The summed E-state index contributed by atoms with van der Waals surface area (Å²) < 4.78 is 22.1. The Bertz CT molecular complexity index is 602. The first-order valence-electron chi connectivity index (χ1n) is 9.05. The molecule has 0 fully saturated rings. The van der Waals surface area contributed by atoms with E-state index in [1.54, 1.807) is 0 Å². The summed E-state index contributed by atoms with van der Waals surface area (Å²) >= 11 is 0. The summed E-state index contributed by atoms with van der Waals surface area (Å²) in [5.74, 6) is 0.546. The Balaban J connectivity index is 4.05. The van der Waals surface area contributed by atoms with Gasteiger partial charge in [-0.3, -0.25) is 0 Å². The van der Waals surface area contributed by atoms with Gasteiger partial charge in [-0.15, -0.1) is 0 Å². The molecule has 0 radical (unpaired) electrons. The largest absolute Gasteiger partial charge is 0.218 e. The van der Waals surface area contributed by atoms with E-state index in [1.165, 1.54) is 28.5 Å². The molecule has 0 aliphatic heterocycles. The van der Waals surface area contributed by atoms with Crippen LogP contribution in [0.3, 0.4) is 0 Å². The van der Waals surface area contributed by atoms with E-state index < -0.39 is 8.87 Å². The van der Waals surface area contributed by atoms with Gasteiger partial charge in [0.1, 0.15) is 0 Å². The van der Waals surface area contributed by atoms with Crippen LogP contribution in [-0.2, 0) is 8.87 Å². The lowest BCUT2D eigenvalue weighted by Gasteiger charge is -2.02. The smallest absolute Gasteiger partial charge is 0.198 e. The van der Waals surface area contributed by atoms with E-state index in [9.17, 15) is 8.42 Å². The van der Waals surface area contributed by atoms with Gasteiger partial charge in [0.2, 0.25) is 0 Å². The standard InChI is InChI=1S/C21H36O2S2/c1-18(2)10-7-11-19(3)12-8-13-20(4)14-9-15-21(5)16-17-24-25(6,22)23/h10,12,14,16H,7-9,11,13,15,17H2,1-6H3/b19-12+,20-14+,21-16+. The fraction of sp³-hybridized carbons (Fsp3) is 0.619. The normalized spacial score (nSPS) is 13.9. The zero-order chi connectivity index (χ0) is 19.3. The summed E-state index contributed by atoms with van der Waals surface area (Å²) in [5, 5.41) is 0. The quantitative estimate of drug-likeness (QED) is 0.273. The highest BCUT2D eigenvalue weighted by Gasteiger charge is 2.00. The first-order valence-corrected chi connectivity index (χ1v) is 12.4. The van der Waals surface area contributed by atoms with Crippen molar-refractivity contribution < 1.29 is 8.42 Å². The fourth-order valence-corrected chi connectivity index (χ4v) is 3.83. The molecule has 0 amide bonds. The fourth-order valence-electron chi connectivity index (χ4n) is 2.29. The maximum absolute atomic E-state index is 11.1. The van der Waals surface area contributed by atoms with E-state index >= 15 is 0 Å². The molecule has 0 rings (SSSR count). The highest BCUT2D eigenvalue weighted by atomic mass is 33.1. The van der Waals surface area contributed by atoms with Gasteiger partial charge in [-0.1, -0.05) is 46.6 Å². The molecule has 4 heteroatoms. The summed E-state index contributed by atoms with van der Waals surface area (Å²) in [6.45, 7) is 10.8. The van der Waals surface area contributed by atoms with Crippen LogP contribution >= 0.6 is 10.8 Å². The molecule has 0 atom stereocenters. The predicted octanol–water partition coefficient (Wildman–Crippen LogP) is 6.82. The lowest BCUT2D eigenvalue weighted by atomic mass is 10.0. The van der Waals surface area contributed by atoms with Gasteiger partial charge in [-0.05, 0) is 83.9 Å². The highest BCUT2D eigenvalue weighted by Crippen LogP contribution is 2.15. The minimum absolute atomic E-state index is 0.546. The van der Waals surface area contributed by atoms with Crippen molar-refractivity contribution in [3.8, 4) is 0 Å². The summed E-state index contributed by atoms with van der Waals surface area (Å²) in [7, 11) is -1.94. The molecule has 0 aromatic heterocycles. The van der Waals surface area contributed by atoms with Crippen molar-refractivity contribution in [3.05, 3.63) is 46.6 Å². The van der Waals surface area contributed by atoms with Crippen LogP contribution in [0.4, 0.5) is 0 Å². The van der Waals surface area contributed by atoms with Crippen molar-refractivity contribution in [1.29, 1.82) is 0 Å². The minimum Gasteiger partial charge on any atom is -0.218 e. The molecular formula is C21H36O2S2. The third-order valence-corrected chi connectivity index (χ3v) is 6.29. The van der Waals surface area contributed by atoms with Crippen LogP contribution in [0, 0.1) is 0 Å². The molecule has 0 N–H and O–H groups in total. The molecule has 25 heavy (non-hydrogen) atoms. The summed E-state index contributed by atoms with van der Waals surface area (Å²) in [4.78, 5) is 0. The van der Waals surface area contributed by atoms with Gasteiger partial charge in [-0.25, -0.2) is 8.42 Å².